The lowest BCUT2D eigenvalue weighted by atomic mass is 10.0. The third-order valence-electron chi connectivity index (χ3n) is 6.58. The highest BCUT2D eigenvalue weighted by molar-refractivity contribution is 5.85. The summed E-state index contributed by atoms with van der Waals surface area (Å²) in [5, 5.41) is 19.2. The lowest BCUT2D eigenvalue weighted by molar-refractivity contribution is -0.894. The molecule has 194 valence electrons. The number of halogens is 3. The van der Waals surface area contributed by atoms with Crippen LogP contribution < -0.4 is 4.74 Å². The SMILES string of the molecule is C[N+](C)(CCC1Cc2ccccc2C1)C[C@@H](O)COc1cc(CCCCC(=O)O)cc(F)c1F.Cl. The van der Waals surface area contributed by atoms with Gasteiger partial charge in [-0.05, 0) is 66.8 Å². The molecule has 3 rings (SSSR count). The fourth-order valence-corrected chi connectivity index (χ4v) is 4.76. The average molecular weight is 513 g/mol. The first kappa shape index (κ1) is 29.0. The number of carboxylic acids is 1. The van der Waals surface area contributed by atoms with Crippen LogP contribution in [0.2, 0.25) is 0 Å². The van der Waals surface area contributed by atoms with E-state index < -0.39 is 23.7 Å². The number of carboxylic acid groups (broad SMARTS) is 1. The summed E-state index contributed by atoms with van der Waals surface area (Å²) in [6.45, 7) is 1.22. The molecule has 2 aromatic rings. The van der Waals surface area contributed by atoms with E-state index in [9.17, 15) is 18.7 Å². The zero-order valence-electron chi connectivity index (χ0n) is 20.5. The van der Waals surface area contributed by atoms with Gasteiger partial charge < -0.3 is 19.4 Å². The second-order valence-corrected chi connectivity index (χ2v) is 10.1. The molecule has 1 aliphatic rings. The number of hydrogen-bond acceptors (Lipinski definition) is 3. The molecular formula is C27H37ClF2NO4+. The molecule has 5 nitrogen and oxygen atoms in total. The monoisotopic (exact) mass is 512 g/mol. The van der Waals surface area contributed by atoms with E-state index in [1.165, 1.54) is 17.2 Å². The zero-order chi connectivity index (χ0) is 24.7. The van der Waals surface area contributed by atoms with Crippen LogP contribution in [-0.4, -0.2) is 60.6 Å². The summed E-state index contributed by atoms with van der Waals surface area (Å²) >= 11 is 0. The number of hydrogen-bond donors (Lipinski definition) is 2. The van der Waals surface area contributed by atoms with Gasteiger partial charge in [0.05, 0.1) is 20.6 Å². The highest BCUT2D eigenvalue weighted by Gasteiger charge is 2.26. The minimum atomic E-state index is -1.07. The maximum Gasteiger partial charge on any atom is 0.303 e. The molecule has 0 saturated heterocycles. The molecule has 0 amide bonds. The van der Waals surface area contributed by atoms with E-state index in [0.29, 0.717) is 41.8 Å². The Morgan fingerprint density at radius 3 is 2.43 bits per heavy atom. The van der Waals surface area contributed by atoms with Crippen LogP contribution in [0.25, 0.3) is 0 Å². The Labute approximate surface area is 212 Å². The van der Waals surface area contributed by atoms with Gasteiger partial charge in [0.15, 0.2) is 11.6 Å². The van der Waals surface area contributed by atoms with Crippen LogP contribution in [0.4, 0.5) is 8.78 Å². The van der Waals surface area contributed by atoms with Gasteiger partial charge in [-0.2, -0.15) is 4.39 Å². The Kier molecular flexibility index (Phi) is 10.9. The Morgan fingerprint density at radius 2 is 1.80 bits per heavy atom. The molecule has 35 heavy (non-hydrogen) atoms. The van der Waals surface area contributed by atoms with Gasteiger partial charge >= 0.3 is 5.97 Å². The number of aliphatic carboxylic acids is 1. The number of unbranched alkanes of at least 4 members (excludes halogenated alkanes) is 1. The summed E-state index contributed by atoms with van der Waals surface area (Å²) in [6, 6.07) is 11.1. The van der Waals surface area contributed by atoms with Crippen molar-refractivity contribution in [2.24, 2.45) is 5.92 Å². The molecule has 0 saturated carbocycles. The number of aliphatic hydroxyl groups is 1. The number of ether oxygens (including phenoxy) is 1. The maximum absolute atomic E-state index is 14.2. The number of fused-ring (bicyclic) bond motifs is 1. The molecule has 0 radical (unpaired) electrons. The van der Waals surface area contributed by atoms with Crippen molar-refractivity contribution >= 4 is 18.4 Å². The molecule has 2 aromatic carbocycles. The second-order valence-electron chi connectivity index (χ2n) is 10.1. The van der Waals surface area contributed by atoms with Crippen LogP contribution in [0, 0.1) is 17.6 Å². The van der Waals surface area contributed by atoms with Gasteiger partial charge in [0, 0.05) is 12.8 Å². The van der Waals surface area contributed by atoms with Gasteiger partial charge in [-0.25, -0.2) is 4.39 Å². The fraction of sp³-hybridized carbons (Fsp3) is 0.519. The summed E-state index contributed by atoms with van der Waals surface area (Å²) in [7, 11) is 4.12. The van der Waals surface area contributed by atoms with Crippen molar-refractivity contribution in [3.8, 4) is 5.75 Å². The molecule has 0 aromatic heterocycles. The number of quaternary nitrogens is 1. The van der Waals surface area contributed by atoms with E-state index in [0.717, 1.165) is 31.9 Å². The number of aliphatic hydroxyl groups excluding tert-OH is 1. The van der Waals surface area contributed by atoms with Gasteiger partial charge in [-0.1, -0.05) is 24.3 Å². The standard InChI is InChI=1S/C27H35F2NO4.ClH/c1-30(2,12-11-20-13-21-8-4-5-9-22(21)14-20)17-23(31)18-34-25-16-19(15-24(28)27(25)29)7-3-6-10-26(32)33;/h4-5,8-9,15-16,20,23,31H,3,6-7,10-14,17-18H2,1-2H3;1H/p+1/t23-;/m1./s1. The van der Waals surface area contributed by atoms with Crippen molar-refractivity contribution in [2.75, 3.05) is 33.8 Å². The molecule has 1 aliphatic carbocycles. The minimum absolute atomic E-state index is 0. The van der Waals surface area contributed by atoms with Crippen molar-refractivity contribution < 1.29 is 33.0 Å². The Bertz CT molecular complexity index is 961. The summed E-state index contributed by atoms with van der Waals surface area (Å²) < 4.78 is 34.3. The normalized spacial score (nSPS) is 14.3. The third kappa shape index (κ3) is 9.06. The Hall–Kier alpha value is -2.22. The Morgan fingerprint density at radius 1 is 1.14 bits per heavy atom. The van der Waals surface area contributed by atoms with Crippen LogP contribution in [0.5, 0.6) is 5.75 Å². The van der Waals surface area contributed by atoms with Crippen LogP contribution in [0.15, 0.2) is 36.4 Å². The van der Waals surface area contributed by atoms with Crippen LogP contribution in [0.3, 0.4) is 0 Å². The first-order valence-electron chi connectivity index (χ1n) is 12.0. The van der Waals surface area contributed by atoms with E-state index in [1.807, 2.05) is 0 Å². The van der Waals surface area contributed by atoms with Crippen molar-refractivity contribution in [2.45, 2.75) is 51.0 Å². The summed E-state index contributed by atoms with van der Waals surface area (Å²) in [4.78, 5) is 10.6. The summed E-state index contributed by atoms with van der Waals surface area (Å²) in [5.74, 6) is -2.57. The highest BCUT2D eigenvalue weighted by Crippen LogP contribution is 2.29. The number of aryl methyl sites for hydroxylation is 1. The van der Waals surface area contributed by atoms with Crippen LogP contribution in [-0.2, 0) is 24.1 Å². The van der Waals surface area contributed by atoms with E-state index in [-0.39, 0.29) is 31.2 Å². The topological polar surface area (TPSA) is 66.8 Å². The van der Waals surface area contributed by atoms with E-state index >= 15 is 0 Å². The molecule has 0 bridgehead atoms. The van der Waals surface area contributed by atoms with Crippen molar-refractivity contribution in [3.63, 3.8) is 0 Å². The molecule has 0 aliphatic heterocycles. The fourth-order valence-electron chi connectivity index (χ4n) is 4.76. The van der Waals surface area contributed by atoms with Gasteiger partial charge in [0.1, 0.15) is 19.3 Å². The van der Waals surface area contributed by atoms with Crippen LogP contribution >= 0.6 is 12.4 Å². The largest absolute Gasteiger partial charge is 0.487 e. The molecule has 0 spiro atoms. The van der Waals surface area contributed by atoms with Gasteiger partial charge in [-0.3, -0.25) is 4.79 Å². The second kappa shape index (κ2) is 13.2. The first-order valence-corrected chi connectivity index (χ1v) is 12.0. The zero-order valence-corrected chi connectivity index (χ0v) is 21.3. The van der Waals surface area contributed by atoms with E-state index in [2.05, 4.69) is 38.4 Å². The van der Waals surface area contributed by atoms with Crippen molar-refractivity contribution in [1.82, 2.24) is 0 Å². The van der Waals surface area contributed by atoms with Crippen molar-refractivity contribution in [1.29, 1.82) is 0 Å². The van der Waals surface area contributed by atoms with Gasteiger partial charge in [0.25, 0.3) is 0 Å². The number of rotatable bonds is 13. The van der Waals surface area contributed by atoms with Gasteiger partial charge in [-0.15, -0.1) is 12.4 Å². The predicted octanol–water partition coefficient (Wildman–Crippen LogP) is 4.81. The van der Waals surface area contributed by atoms with Gasteiger partial charge in [0.2, 0.25) is 5.82 Å². The summed E-state index contributed by atoms with van der Waals surface area (Å²) in [6.07, 6.45) is 3.91. The minimum Gasteiger partial charge on any atom is -0.487 e. The smallest absolute Gasteiger partial charge is 0.303 e. The maximum atomic E-state index is 14.2. The Balaban J connectivity index is 0.00000432. The lowest BCUT2D eigenvalue weighted by Gasteiger charge is -2.32. The van der Waals surface area contributed by atoms with Crippen LogP contribution in [0.1, 0.15) is 42.4 Å². The quantitative estimate of drug-likeness (QED) is 0.299. The molecule has 0 fully saturated rings. The van der Waals surface area contributed by atoms with E-state index in [1.54, 1.807) is 0 Å². The molecule has 1 atom stereocenters. The lowest BCUT2D eigenvalue weighted by Crippen LogP contribution is -2.48. The molecular weight excluding hydrogens is 476 g/mol. The van der Waals surface area contributed by atoms with E-state index in [4.69, 9.17) is 9.84 Å². The predicted molar refractivity (Wildman–Crippen MR) is 134 cm³/mol. The average Bonchev–Trinajstić information content (AvgIpc) is 3.19. The molecule has 2 N–H and O–H groups in total. The molecule has 8 heteroatoms. The van der Waals surface area contributed by atoms with Crippen molar-refractivity contribution in [3.05, 3.63) is 64.7 Å². The number of nitrogens with zero attached hydrogens (tertiary/aromatic N) is 1. The summed E-state index contributed by atoms with van der Waals surface area (Å²) in [5.41, 5.74) is 3.41. The molecule has 0 unspecified atom stereocenters. The first-order chi connectivity index (χ1) is 16.1. The number of carbonyl (C=O) groups is 1. The molecule has 0 heterocycles. The number of likely N-dealkylation sites (N-methyl/N-ethyl adjacent to an activating group) is 1. The highest BCUT2D eigenvalue weighted by atomic mass is 35.5. The number of benzene rings is 2. The third-order valence-corrected chi connectivity index (χ3v) is 6.58.